The first-order valence-corrected chi connectivity index (χ1v) is 7.07. The maximum absolute atomic E-state index is 12.4. The van der Waals surface area contributed by atoms with Crippen molar-refractivity contribution in [2.75, 3.05) is 7.05 Å². The molecule has 0 aromatic carbocycles. The van der Waals surface area contributed by atoms with Crippen LogP contribution in [0.25, 0.3) is 0 Å². The van der Waals surface area contributed by atoms with Gasteiger partial charge in [-0.05, 0) is 17.7 Å². The fourth-order valence-electron chi connectivity index (χ4n) is 1.65. The van der Waals surface area contributed by atoms with Gasteiger partial charge in [-0.3, -0.25) is 10.1 Å². The van der Waals surface area contributed by atoms with Crippen LogP contribution in [0.5, 0.6) is 0 Å². The zero-order chi connectivity index (χ0) is 13.9. The van der Waals surface area contributed by atoms with Crippen LogP contribution in [0.15, 0.2) is 35.7 Å². The van der Waals surface area contributed by atoms with Crippen molar-refractivity contribution in [2.45, 2.75) is 18.1 Å². The molecule has 2 aromatic rings. The fraction of sp³-hybridized carbons (Fsp3) is 0.273. The normalized spacial score (nSPS) is 11.9. The molecule has 0 spiro atoms. The summed E-state index contributed by atoms with van der Waals surface area (Å²) >= 11 is 0. The first-order valence-electron chi connectivity index (χ1n) is 5.63. The van der Waals surface area contributed by atoms with E-state index in [1.54, 1.807) is 24.5 Å². The highest BCUT2D eigenvalue weighted by molar-refractivity contribution is 7.89. The molecule has 19 heavy (non-hydrogen) atoms. The maximum atomic E-state index is 12.4. The van der Waals surface area contributed by atoms with E-state index in [4.69, 9.17) is 5.73 Å². The highest BCUT2D eigenvalue weighted by atomic mass is 32.2. The summed E-state index contributed by atoms with van der Waals surface area (Å²) in [4.78, 5) is 3.89. The number of sulfonamides is 1. The van der Waals surface area contributed by atoms with Crippen LogP contribution in [0, 0.1) is 0 Å². The summed E-state index contributed by atoms with van der Waals surface area (Å²) in [6, 6.07) is 3.53. The number of H-pyrrole nitrogens is 1. The van der Waals surface area contributed by atoms with Gasteiger partial charge in [0.2, 0.25) is 0 Å². The Morgan fingerprint density at radius 2 is 2.05 bits per heavy atom. The number of hydrogen-bond acceptors (Lipinski definition) is 5. The topological polar surface area (TPSA) is 105 Å². The molecule has 102 valence electrons. The largest absolute Gasteiger partial charge is 0.326 e. The van der Waals surface area contributed by atoms with E-state index in [1.165, 1.54) is 17.5 Å². The minimum atomic E-state index is -3.62. The predicted octanol–water partition coefficient (Wildman–Crippen LogP) is 0.0841. The second kappa shape index (κ2) is 5.47. The number of rotatable bonds is 5. The number of pyridine rings is 1. The van der Waals surface area contributed by atoms with E-state index >= 15 is 0 Å². The number of nitrogens with one attached hydrogen (secondary N) is 1. The minimum absolute atomic E-state index is 0.0477. The van der Waals surface area contributed by atoms with Crippen LogP contribution in [-0.2, 0) is 23.1 Å². The molecule has 0 aliphatic heterocycles. The lowest BCUT2D eigenvalue weighted by Crippen LogP contribution is -2.27. The number of aromatic amines is 1. The number of nitrogens with zero attached hydrogens (tertiary/aromatic N) is 3. The van der Waals surface area contributed by atoms with Crippen LogP contribution in [0.3, 0.4) is 0 Å². The van der Waals surface area contributed by atoms with Crippen LogP contribution in [0.2, 0.25) is 0 Å². The quantitative estimate of drug-likeness (QED) is 0.807. The molecule has 0 unspecified atom stereocenters. The molecular weight excluding hydrogens is 266 g/mol. The lowest BCUT2D eigenvalue weighted by Gasteiger charge is -2.16. The molecular formula is C11H15N5O2S. The average Bonchev–Trinajstić information content (AvgIpc) is 2.88. The van der Waals surface area contributed by atoms with Crippen molar-refractivity contribution in [1.82, 2.24) is 19.5 Å². The molecule has 8 heteroatoms. The van der Waals surface area contributed by atoms with Gasteiger partial charge in [0.05, 0.1) is 6.20 Å². The average molecular weight is 281 g/mol. The highest BCUT2D eigenvalue weighted by Gasteiger charge is 2.25. The molecule has 0 amide bonds. The van der Waals surface area contributed by atoms with Crippen LogP contribution in [0.1, 0.15) is 11.1 Å². The van der Waals surface area contributed by atoms with Gasteiger partial charge in [-0.1, -0.05) is 0 Å². The van der Waals surface area contributed by atoms with E-state index in [2.05, 4.69) is 15.2 Å². The summed E-state index contributed by atoms with van der Waals surface area (Å²) in [7, 11) is -2.11. The Morgan fingerprint density at radius 3 is 2.68 bits per heavy atom. The van der Waals surface area contributed by atoms with Crippen LogP contribution in [-0.4, -0.2) is 35.0 Å². The molecule has 3 N–H and O–H groups in total. The summed E-state index contributed by atoms with van der Waals surface area (Å²) in [6.45, 7) is 0.377. The van der Waals surface area contributed by atoms with Gasteiger partial charge in [0, 0.05) is 38.1 Å². The third kappa shape index (κ3) is 2.80. The second-order valence-electron chi connectivity index (χ2n) is 4.05. The third-order valence-electron chi connectivity index (χ3n) is 2.72. The Bertz CT molecular complexity index is 638. The van der Waals surface area contributed by atoms with Gasteiger partial charge in [-0.2, -0.15) is 9.40 Å². The van der Waals surface area contributed by atoms with E-state index in [0.29, 0.717) is 5.56 Å². The van der Waals surface area contributed by atoms with E-state index in [9.17, 15) is 8.42 Å². The third-order valence-corrected chi connectivity index (χ3v) is 4.54. The fourth-order valence-corrected chi connectivity index (χ4v) is 2.92. The summed E-state index contributed by atoms with van der Waals surface area (Å²) < 4.78 is 26.0. The maximum Gasteiger partial charge on any atom is 0.260 e. The van der Waals surface area contributed by atoms with Gasteiger partial charge in [-0.15, -0.1) is 0 Å². The van der Waals surface area contributed by atoms with Crippen molar-refractivity contribution in [2.24, 2.45) is 5.73 Å². The number of aromatic nitrogens is 3. The molecule has 2 rings (SSSR count). The molecule has 0 saturated carbocycles. The van der Waals surface area contributed by atoms with Gasteiger partial charge >= 0.3 is 0 Å². The van der Waals surface area contributed by atoms with Crippen molar-refractivity contribution in [3.05, 3.63) is 41.9 Å². The van der Waals surface area contributed by atoms with E-state index in [-0.39, 0.29) is 18.1 Å². The van der Waals surface area contributed by atoms with Crippen LogP contribution < -0.4 is 5.73 Å². The highest BCUT2D eigenvalue weighted by Crippen LogP contribution is 2.17. The Kier molecular flexibility index (Phi) is 3.93. The van der Waals surface area contributed by atoms with E-state index in [1.807, 2.05) is 0 Å². The van der Waals surface area contributed by atoms with Gasteiger partial charge in [0.25, 0.3) is 10.0 Å². The summed E-state index contributed by atoms with van der Waals surface area (Å²) in [6.07, 6.45) is 4.67. The summed E-state index contributed by atoms with van der Waals surface area (Å²) in [5, 5.41) is 6.27. The molecule has 0 aliphatic carbocycles. The lowest BCUT2D eigenvalue weighted by atomic mass is 10.3. The van der Waals surface area contributed by atoms with Gasteiger partial charge in [-0.25, -0.2) is 8.42 Å². The Balaban J connectivity index is 2.25. The molecule has 0 radical (unpaired) electrons. The van der Waals surface area contributed by atoms with Gasteiger partial charge < -0.3 is 5.73 Å². The van der Waals surface area contributed by atoms with Crippen LogP contribution >= 0.6 is 0 Å². The minimum Gasteiger partial charge on any atom is -0.326 e. The molecule has 0 saturated heterocycles. The van der Waals surface area contributed by atoms with Crippen molar-refractivity contribution in [3.8, 4) is 0 Å². The Labute approximate surface area is 111 Å². The Morgan fingerprint density at radius 1 is 1.37 bits per heavy atom. The standard InChI is InChI=1S/C11H15N5O2S/c1-16(8-9-2-4-13-5-3-9)19(17,18)11-10(6-12)7-14-15-11/h2-5,7H,6,8,12H2,1H3,(H,14,15). The number of nitrogens with two attached hydrogens (primary N) is 1. The molecule has 0 fully saturated rings. The van der Waals surface area contributed by atoms with Crippen LogP contribution in [0.4, 0.5) is 0 Å². The monoisotopic (exact) mass is 281 g/mol. The van der Waals surface area contributed by atoms with E-state index < -0.39 is 10.0 Å². The molecule has 2 heterocycles. The summed E-state index contributed by atoms with van der Waals surface area (Å²) in [5.41, 5.74) is 6.82. The molecule has 2 aromatic heterocycles. The molecule has 7 nitrogen and oxygen atoms in total. The SMILES string of the molecule is CN(Cc1ccncc1)S(=O)(=O)c1[nH]ncc1CN. The summed E-state index contributed by atoms with van der Waals surface area (Å²) in [5.74, 6) is 0. The zero-order valence-electron chi connectivity index (χ0n) is 10.4. The van der Waals surface area contributed by atoms with Gasteiger partial charge in [0.15, 0.2) is 5.03 Å². The second-order valence-corrected chi connectivity index (χ2v) is 6.03. The molecule has 0 atom stereocenters. The number of hydrogen-bond donors (Lipinski definition) is 2. The van der Waals surface area contributed by atoms with Gasteiger partial charge in [0.1, 0.15) is 0 Å². The van der Waals surface area contributed by atoms with Crippen molar-refractivity contribution < 1.29 is 8.42 Å². The van der Waals surface area contributed by atoms with E-state index in [0.717, 1.165) is 5.56 Å². The Hall–Kier alpha value is -1.77. The lowest BCUT2D eigenvalue weighted by molar-refractivity contribution is 0.462. The molecule has 0 aliphatic rings. The first kappa shape index (κ1) is 13.7. The zero-order valence-corrected chi connectivity index (χ0v) is 11.3. The smallest absolute Gasteiger partial charge is 0.260 e. The van der Waals surface area contributed by atoms with Crippen molar-refractivity contribution in [3.63, 3.8) is 0 Å². The molecule has 0 bridgehead atoms. The van der Waals surface area contributed by atoms with Crippen molar-refractivity contribution in [1.29, 1.82) is 0 Å². The predicted molar refractivity (Wildman–Crippen MR) is 69.4 cm³/mol. The van der Waals surface area contributed by atoms with Crippen molar-refractivity contribution >= 4 is 10.0 Å². The first-order chi connectivity index (χ1) is 9.05.